The van der Waals surface area contributed by atoms with Crippen molar-refractivity contribution in [3.63, 3.8) is 0 Å². The van der Waals surface area contributed by atoms with Crippen LogP contribution in [0, 0.1) is 0 Å². The molecule has 1 aliphatic carbocycles. The Morgan fingerprint density at radius 2 is 1.92 bits per heavy atom. The Kier molecular flexibility index (Phi) is 2.19. The van der Waals surface area contributed by atoms with Gasteiger partial charge in [-0.15, -0.1) is 0 Å². The highest BCUT2D eigenvalue weighted by atomic mass is 16.3. The highest BCUT2D eigenvalue weighted by Gasteiger charge is 2.22. The van der Waals surface area contributed by atoms with Crippen molar-refractivity contribution in [3.05, 3.63) is 47.5 Å². The van der Waals surface area contributed by atoms with Gasteiger partial charge < -0.3 is 5.11 Å². The zero-order valence-corrected chi connectivity index (χ0v) is 7.77. The summed E-state index contributed by atoms with van der Waals surface area (Å²) in [6.07, 6.45) is 2.78. The van der Waals surface area contributed by atoms with Crippen LogP contribution < -0.4 is 0 Å². The minimum Gasteiger partial charge on any atom is -0.389 e. The highest BCUT2D eigenvalue weighted by Crippen LogP contribution is 2.32. The van der Waals surface area contributed by atoms with Gasteiger partial charge in [-0.1, -0.05) is 36.4 Å². The number of hydrogen-bond donors (Lipinski definition) is 1. The van der Waals surface area contributed by atoms with E-state index >= 15 is 0 Å². The fraction of sp³-hybridized carbons (Fsp3) is 0.333. The molecule has 0 spiro atoms. The van der Waals surface area contributed by atoms with Crippen LogP contribution in [0.25, 0.3) is 0 Å². The van der Waals surface area contributed by atoms with E-state index in [-0.39, 0.29) is 6.10 Å². The van der Waals surface area contributed by atoms with E-state index in [9.17, 15) is 5.11 Å². The van der Waals surface area contributed by atoms with E-state index in [4.69, 9.17) is 0 Å². The van der Waals surface area contributed by atoms with Crippen molar-refractivity contribution in [2.45, 2.75) is 25.4 Å². The average molecular weight is 174 g/mol. The van der Waals surface area contributed by atoms with Gasteiger partial charge in [-0.3, -0.25) is 0 Å². The largest absolute Gasteiger partial charge is 0.389 e. The fourth-order valence-electron chi connectivity index (χ4n) is 1.86. The number of benzene rings is 1. The molecule has 1 heteroatoms. The Morgan fingerprint density at radius 1 is 1.23 bits per heavy atom. The van der Waals surface area contributed by atoms with E-state index in [1.165, 1.54) is 5.56 Å². The number of aliphatic hydroxyl groups excluding tert-OH is 1. The Balaban J connectivity index is 2.22. The van der Waals surface area contributed by atoms with Gasteiger partial charge >= 0.3 is 0 Å². The van der Waals surface area contributed by atoms with Crippen molar-refractivity contribution in [2.75, 3.05) is 0 Å². The summed E-state index contributed by atoms with van der Waals surface area (Å²) in [5, 5.41) is 9.56. The maximum atomic E-state index is 9.56. The minimum atomic E-state index is -0.231. The normalized spacial score (nSPS) is 27.4. The van der Waals surface area contributed by atoms with Crippen LogP contribution in [-0.2, 0) is 0 Å². The molecule has 0 saturated carbocycles. The van der Waals surface area contributed by atoms with Gasteiger partial charge in [0.05, 0.1) is 6.10 Å². The molecule has 0 bridgehead atoms. The first-order valence-corrected chi connectivity index (χ1v) is 4.68. The Hall–Kier alpha value is -1.08. The van der Waals surface area contributed by atoms with E-state index in [0.29, 0.717) is 5.92 Å². The maximum absolute atomic E-state index is 9.56. The van der Waals surface area contributed by atoms with Crippen LogP contribution in [0.2, 0.25) is 0 Å². The second-order valence-electron chi connectivity index (χ2n) is 3.68. The first kappa shape index (κ1) is 8.52. The lowest BCUT2D eigenvalue weighted by molar-refractivity contribution is 0.207. The third kappa shape index (κ3) is 1.65. The van der Waals surface area contributed by atoms with Crippen molar-refractivity contribution >= 4 is 0 Å². The molecule has 0 fully saturated rings. The zero-order valence-electron chi connectivity index (χ0n) is 7.77. The molecular weight excluding hydrogens is 160 g/mol. The number of aliphatic hydroxyl groups is 1. The summed E-state index contributed by atoms with van der Waals surface area (Å²) in [7, 11) is 0. The summed E-state index contributed by atoms with van der Waals surface area (Å²) >= 11 is 0. The van der Waals surface area contributed by atoms with E-state index in [1.54, 1.807) is 0 Å². The summed E-state index contributed by atoms with van der Waals surface area (Å²) in [5.41, 5.74) is 2.41. The molecule has 2 atom stereocenters. The van der Waals surface area contributed by atoms with Crippen LogP contribution >= 0.6 is 0 Å². The molecule has 1 aromatic carbocycles. The van der Waals surface area contributed by atoms with Crippen molar-refractivity contribution in [1.82, 2.24) is 0 Å². The molecule has 0 saturated heterocycles. The lowest BCUT2D eigenvalue weighted by Crippen LogP contribution is -2.03. The van der Waals surface area contributed by atoms with Gasteiger partial charge in [0.1, 0.15) is 0 Å². The molecule has 0 unspecified atom stereocenters. The molecule has 0 amide bonds. The van der Waals surface area contributed by atoms with Gasteiger partial charge in [0.25, 0.3) is 0 Å². The molecule has 2 rings (SSSR count). The predicted molar refractivity (Wildman–Crippen MR) is 53.6 cm³/mol. The molecular formula is C12H14O. The highest BCUT2D eigenvalue weighted by molar-refractivity contribution is 5.30. The average Bonchev–Trinajstić information content (AvgIpc) is 2.49. The molecule has 0 heterocycles. The molecule has 1 N–H and O–H groups in total. The zero-order chi connectivity index (χ0) is 9.26. The van der Waals surface area contributed by atoms with Crippen LogP contribution in [-0.4, -0.2) is 11.2 Å². The standard InChI is InChI=1S/C12H14O/c1-9-7-11(8-12(9)13)10-5-3-2-4-6-10/h2-7,11-13H,8H2,1H3/t11-,12-/m0/s1. The van der Waals surface area contributed by atoms with Crippen LogP contribution in [0.5, 0.6) is 0 Å². The lowest BCUT2D eigenvalue weighted by Gasteiger charge is -2.08. The first-order chi connectivity index (χ1) is 6.27. The van der Waals surface area contributed by atoms with Crippen molar-refractivity contribution in [1.29, 1.82) is 0 Å². The number of hydrogen-bond acceptors (Lipinski definition) is 1. The molecule has 0 aromatic heterocycles. The Morgan fingerprint density at radius 3 is 2.46 bits per heavy atom. The molecule has 13 heavy (non-hydrogen) atoms. The SMILES string of the molecule is CC1=C[C@H](c2ccccc2)C[C@@H]1O. The second-order valence-corrected chi connectivity index (χ2v) is 3.68. The van der Waals surface area contributed by atoms with Crippen LogP contribution in [0.4, 0.5) is 0 Å². The predicted octanol–water partition coefficient (Wildman–Crippen LogP) is 2.48. The van der Waals surface area contributed by atoms with Crippen LogP contribution in [0.3, 0.4) is 0 Å². The summed E-state index contributed by atoms with van der Waals surface area (Å²) in [6.45, 7) is 1.99. The summed E-state index contributed by atoms with van der Waals surface area (Å²) in [5.74, 6) is 0.413. The minimum absolute atomic E-state index is 0.231. The van der Waals surface area contributed by atoms with Crippen molar-refractivity contribution in [3.8, 4) is 0 Å². The van der Waals surface area contributed by atoms with Crippen LogP contribution in [0.1, 0.15) is 24.8 Å². The van der Waals surface area contributed by atoms with E-state index in [0.717, 1.165) is 12.0 Å². The third-order valence-corrected chi connectivity index (χ3v) is 2.69. The summed E-state index contributed by atoms with van der Waals surface area (Å²) in [4.78, 5) is 0. The topological polar surface area (TPSA) is 20.2 Å². The maximum Gasteiger partial charge on any atom is 0.0756 e. The molecule has 68 valence electrons. The van der Waals surface area contributed by atoms with E-state index < -0.39 is 0 Å². The van der Waals surface area contributed by atoms with Gasteiger partial charge in [-0.25, -0.2) is 0 Å². The molecule has 0 radical (unpaired) electrons. The number of allylic oxidation sites excluding steroid dienone is 1. The Labute approximate surface area is 78.7 Å². The molecule has 0 aliphatic heterocycles. The van der Waals surface area contributed by atoms with Gasteiger partial charge in [-0.05, 0) is 24.5 Å². The van der Waals surface area contributed by atoms with Crippen LogP contribution in [0.15, 0.2) is 42.0 Å². The molecule has 1 aromatic rings. The van der Waals surface area contributed by atoms with Gasteiger partial charge in [0, 0.05) is 5.92 Å². The second kappa shape index (κ2) is 3.35. The summed E-state index contributed by atoms with van der Waals surface area (Å²) in [6, 6.07) is 10.3. The fourth-order valence-corrected chi connectivity index (χ4v) is 1.86. The summed E-state index contributed by atoms with van der Waals surface area (Å²) < 4.78 is 0. The monoisotopic (exact) mass is 174 g/mol. The lowest BCUT2D eigenvalue weighted by atomic mass is 9.99. The van der Waals surface area contributed by atoms with Crippen molar-refractivity contribution in [2.24, 2.45) is 0 Å². The molecule has 1 nitrogen and oxygen atoms in total. The van der Waals surface area contributed by atoms with Gasteiger partial charge in [-0.2, -0.15) is 0 Å². The quantitative estimate of drug-likeness (QED) is 0.648. The Bertz CT molecular complexity index is 313. The van der Waals surface area contributed by atoms with E-state index in [2.05, 4.69) is 18.2 Å². The first-order valence-electron chi connectivity index (χ1n) is 4.68. The van der Waals surface area contributed by atoms with Gasteiger partial charge in [0.15, 0.2) is 0 Å². The van der Waals surface area contributed by atoms with Crippen molar-refractivity contribution < 1.29 is 5.11 Å². The number of rotatable bonds is 1. The van der Waals surface area contributed by atoms with E-state index in [1.807, 2.05) is 25.1 Å². The smallest absolute Gasteiger partial charge is 0.0756 e. The third-order valence-electron chi connectivity index (χ3n) is 2.69. The molecule has 1 aliphatic rings. The van der Waals surface area contributed by atoms with Gasteiger partial charge in [0.2, 0.25) is 0 Å².